The Morgan fingerprint density at radius 2 is 2.14 bits per heavy atom. The molecule has 2 aromatic heterocycles. The first kappa shape index (κ1) is 21.1. The Morgan fingerprint density at radius 3 is 2.79 bits per heavy atom. The zero-order chi connectivity index (χ0) is 21.2. The second kappa shape index (κ2) is 8.42. The number of likely N-dealkylation sites (N-methyl/N-ethyl adjacent to an activating group) is 1. The molecule has 0 aromatic carbocycles. The molecule has 1 saturated heterocycles. The van der Waals surface area contributed by atoms with E-state index in [1.807, 2.05) is 13.8 Å². The molecule has 1 amide bonds. The van der Waals surface area contributed by atoms with Crippen molar-refractivity contribution in [3.63, 3.8) is 0 Å². The monoisotopic (exact) mass is 410 g/mol. The number of carbonyl (C=O) groups is 1. The number of hydrogen-bond acceptors (Lipinski definition) is 5. The predicted octanol–water partition coefficient (Wildman–Crippen LogP) is 3.77. The molecule has 0 spiro atoms. The Morgan fingerprint density at radius 1 is 1.38 bits per heavy atom. The van der Waals surface area contributed by atoms with Gasteiger partial charge >= 0.3 is 6.18 Å². The number of amides is 1. The van der Waals surface area contributed by atoms with Gasteiger partial charge in [0.2, 0.25) is 5.91 Å². The fourth-order valence-electron chi connectivity index (χ4n) is 3.82. The van der Waals surface area contributed by atoms with Crippen LogP contribution in [0.3, 0.4) is 0 Å². The third-order valence-electron chi connectivity index (χ3n) is 5.49. The highest BCUT2D eigenvalue weighted by atomic mass is 19.4. The third-order valence-corrected chi connectivity index (χ3v) is 5.49. The Bertz CT molecular complexity index is 846. The number of rotatable bonds is 5. The van der Waals surface area contributed by atoms with Crippen LogP contribution in [0.5, 0.6) is 0 Å². The number of alkyl halides is 3. The van der Waals surface area contributed by atoms with Gasteiger partial charge in [-0.3, -0.25) is 4.79 Å². The van der Waals surface area contributed by atoms with Crippen molar-refractivity contribution in [2.24, 2.45) is 0 Å². The van der Waals surface area contributed by atoms with Gasteiger partial charge in [0.25, 0.3) is 0 Å². The molecule has 0 aliphatic carbocycles. The standard InChI is InChI=1S/C20H25F3N4O2/c1-13-16(14(2)29-25-13)8-9-18(28)27-11-5-6-15(12-27)26(3)19-17(20(21,22)23)7-4-10-24-19/h4,7,10,15H,5-6,8-9,11-12H2,1-3H3. The van der Waals surface area contributed by atoms with Crippen LogP contribution < -0.4 is 4.90 Å². The molecular weight excluding hydrogens is 385 g/mol. The maximum atomic E-state index is 13.3. The molecular formula is C20H25F3N4O2. The van der Waals surface area contributed by atoms with Crippen molar-refractivity contribution in [2.75, 3.05) is 25.0 Å². The Kier molecular flexibility index (Phi) is 6.14. The molecule has 158 valence electrons. The summed E-state index contributed by atoms with van der Waals surface area (Å²) in [5.74, 6) is 0.594. The van der Waals surface area contributed by atoms with Crippen LogP contribution in [0, 0.1) is 13.8 Å². The average molecular weight is 410 g/mol. The molecule has 1 atom stereocenters. The van der Waals surface area contributed by atoms with Crippen LogP contribution in [0.1, 0.15) is 41.8 Å². The van der Waals surface area contributed by atoms with Crippen LogP contribution >= 0.6 is 0 Å². The van der Waals surface area contributed by atoms with Gasteiger partial charge in [-0.2, -0.15) is 13.2 Å². The molecule has 1 aliphatic rings. The summed E-state index contributed by atoms with van der Waals surface area (Å²) in [6.07, 6.45) is -0.822. The Hall–Kier alpha value is -2.58. The first-order valence-electron chi connectivity index (χ1n) is 9.63. The molecule has 1 aliphatic heterocycles. The van der Waals surface area contributed by atoms with Crippen molar-refractivity contribution in [2.45, 2.75) is 51.7 Å². The second-order valence-corrected chi connectivity index (χ2v) is 7.42. The van der Waals surface area contributed by atoms with E-state index in [1.165, 1.54) is 12.3 Å². The normalized spacial score (nSPS) is 17.4. The first-order valence-corrected chi connectivity index (χ1v) is 9.63. The minimum absolute atomic E-state index is 0.0137. The van der Waals surface area contributed by atoms with Crippen LogP contribution in [0.15, 0.2) is 22.9 Å². The summed E-state index contributed by atoms with van der Waals surface area (Å²) >= 11 is 0. The summed E-state index contributed by atoms with van der Waals surface area (Å²) in [6, 6.07) is 2.10. The summed E-state index contributed by atoms with van der Waals surface area (Å²) in [5, 5.41) is 3.90. The van der Waals surface area contributed by atoms with Crippen molar-refractivity contribution < 1.29 is 22.5 Å². The zero-order valence-electron chi connectivity index (χ0n) is 16.8. The lowest BCUT2D eigenvalue weighted by molar-refractivity contribution is -0.137. The lowest BCUT2D eigenvalue weighted by atomic mass is 10.0. The van der Waals surface area contributed by atoms with Crippen molar-refractivity contribution in [3.8, 4) is 0 Å². The Labute approximate surface area is 167 Å². The van der Waals surface area contributed by atoms with Gasteiger partial charge < -0.3 is 14.3 Å². The van der Waals surface area contributed by atoms with Gasteiger partial charge in [0, 0.05) is 44.4 Å². The number of carbonyl (C=O) groups excluding carboxylic acids is 1. The maximum Gasteiger partial charge on any atom is 0.419 e. The van der Waals surface area contributed by atoms with Crippen molar-refractivity contribution >= 4 is 11.7 Å². The van der Waals surface area contributed by atoms with Gasteiger partial charge in [0.1, 0.15) is 11.6 Å². The van der Waals surface area contributed by atoms with E-state index in [0.717, 1.165) is 23.7 Å². The number of nitrogens with zero attached hydrogens (tertiary/aromatic N) is 4. The molecule has 0 saturated carbocycles. The van der Waals surface area contributed by atoms with E-state index >= 15 is 0 Å². The first-order chi connectivity index (χ1) is 13.7. The minimum atomic E-state index is -4.48. The van der Waals surface area contributed by atoms with E-state index in [2.05, 4.69) is 10.1 Å². The van der Waals surface area contributed by atoms with Gasteiger partial charge in [-0.05, 0) is 45.2 Å². The van der Waals surface area contributed by atoms with E-state index in [4.69, 9.17) is 4.52 Å². The number of aryl methyl sites for hydroxylation is 2. The quantitative estimate of drug-likeness (QED) is 0.751. The summed E-state index contributed by atoms with van der Waals surface area (Å²) in [7, 11) is 1.61. The molecule has 3 rings (SSSR count). The van der Waals surface area contributed by atoms with Gasteiger partial charge in [0.05, 0.1) is 11.3 Å². The topological polar surface area (TPSA) is 62.5 Å². The molecule has 9 heteroatoms. The van der Waals surface area contributed by atoms with Crippen molar-refractivity contribution in [1.29, 1.82) is 0 Å². The van der Waals surface area contributed by atoms with Gasteiger partial charge in [0.15, 0.2) is 0 Å². The molecule has 1 unspecified atom stereocenters. The number of likely N-dealkylation sites (tertiary alicyclic amines) is 1. The number of halogens is 3. The SMILES string of the molecule is Cc1noc(C)c1CCC(=O)N1CCCC(N(C)c2ncccc2C(F)(F)F)C1. The van der Waals surface area contributed by atoms with E-state index in [-0.39, 0.29) is 17.8 Å². The van der Waals surface area contributed by atoms with Crippen LogP contribution in [0.2, 0.25) is 0 Å². The van der Waals surface area contributed by atoms with Gasteiger partial charge in [-0.1, -0.05) is 5.16 Å². The van der Waals surface area contributed by atoms with Gasteiger partial charge in [-0.15, -0.1) is 0 Å². The highest BCUT2D eigenvalue weighted by Crippen LogP contribution is 2.36. The molecule has 29 heavy (non-hydrogen) atoms. The van der Waals surface area contributed by atoms with E-state index < -0.39 is 11.7 Å². The maximum absolute atomic E-state index is 13.3. The lowest BCUT2D eigenvalue weighted by Gasteiger charge is -2.39. The molecule has 3 heterocycles. The molecule has 2 aromatic rings. The second-order valence-electron chi connectivity index (χ2n) is 7.42. The van der Waals surface area contributed by atoms with Gasteiger partial charge in [-0.25, -0.2) is 4.98 Å². The number of piperidine rings is 1. The predicted molar refractivity (Wildman–Crippen MR) is 102 cm³/mol. The summed E-state index contributed by atoms with van der Waals surface area (Å²) in [5.41, 5.74) is 0.957. The van der Waals surface area contributed by atoms with E-state index in [0.29, 0.717) is 38.1 Å². The average Bonchev–Trinajstić information content (AvgIpc) is 3.02. The van der Waals surface area contributed by atoms with E-state index in [9.17, 15) is 18.0 Å². The number of aromatic nitrogens is 2. The number of pyridine rings is 1. The molecule has 1 fully saturated rings. The summed E-state index contributed by atoms with van der Waals surface area (Å²) < 4.78 is 45.1. The molecule has 0 bridgehead atoms. The lowest BCUT2D eigenvalue weighted by Crippen LogP contribution is -2.49. The largest absolute Gasteiger partial charge is 0.419 e. The van der Waals surface area contributed by atoms with Crippen LogP contribution in [0.4, 0.5) is 19.0 Å². The fraction of sp³-hybridized carbons (Fsp3) is 0.550. The molecule has 0 N–H and O–H groups in total. The summed E-state index contributed by atoms with van der Waals surface area (Å²) in [6.45, 7) is 4.65. The smallest absolute Gasteiger partial charge is 0.361 e. The molecule has 0 radical (unpaired) electrons. The number of anilines is 1. The highest BCUT2D eigenvalue weighted by molar-refractivity contribution is 5.76. The fourth-order valence-corrected chi connectivity index (χ4v) is 3.82. The third kappa shape index (κ3) is 4.71. The zero-order valence-corrected chi connectivity index (χ0v) is 16.8. The number of hydrogen-bond donors (Lipinski definition) is 0. The van der Waals surface area contributed by atoms with E-state index in [1.54, 1.807) is 16.8 Å². The molecule has 6 nitrogen and oxygen atoms in total. The Balaban J connectivity index is 1.67. The van der Waals surface area contributed by atoms with Crippen LogP contribution in [-0.4, -0.2) is 47.1 Å². The minimum Gasteiger partial charge on any atom is -0.361 e. The highest BCUT2D eigenvalue weighted by Gasteiger charge is 2.37. The van der Waals surface area contributed by atoms with Crippen molar-refractivity contribution in [3.05, 3.63) is 40.9 Å². The van der Waals surface area contributed by atoms with Crippen LogP contribution in [0.25, 0.3) is 0 Å². The van der Waals surface area contributed by atoms with Crippen LogP contribution in [-0.2, 0) is 17.4 Å². The van der Waals surface area contributed by atoms with Crippen molar-refractivity contribution in [1.82, 2.24) is 15.0 Å². The summed E-state index contributed by atoms with van der Waals surface area (Å²) in [4.78, 5) is 20.0.